The largest absolute Gasteiger partial charge is 0.367 e. The zero-order chi connectivity index (χ0) is 15.8. The van der Waals surface area contributed by atoms with Gasteiger partial charge in [-0.25, -0.2) is 0 Å². The molecule has 5 rings (SSSR count). The molecule has 2 N–H and O–H groups in total. The normalized spacial score (nSPS) is 33.8. The van der Waals surface area contributed by atoms with E-state index in [0.29, 0.717) is 17.8 Å². The zero-order valence-electron chi connectivity index (χ0n) is 14.0. The molecule has 4 nitrogen and oxygen atoms in total. The van der Waals surface area contributed by atoms with E-state index >= 15 is 0 Å². The molecule has 1 saturated heterocycles. The minimum atomic E-state index is 0.182. The van der Waals surface area contributed by atoms with Gasteiger partial charge in [-0.1, -0.05) is 25.1 Å². The van der Waals surface area contributed by atoms with Crippen LogP contribution in [0.4, 0.5) is 5.88 Å². The van der Waals surface area contributed by atoms with E-state index in [1.54, 1.807) is 0 Å². The molecule has 2 heterocycles. The van der Waals surface area contributed by atoms with Crippen LogP contribution >= 0.6 is 0 Å². The highest BCUT2D eigenvalue weighted by molar-refractivity contribution is 5.91. The van der Waals surface area contributed by atoms with Crippen molar-refractivity contribution < 1.29 is 4.52 Å². The molecule has 122 valence electrons. The van der Waals surface area contributed by atoms with E-state index in [1.165, 1.54) is 43.5 Å². The van der Waals surface area contributed by atoms with Gasteiger partial charge in [0.2, 0.25) is 5.88 Å². The first-order valence-electron chi connectivity index (χ1n) is 8.99. The second kappa shape index (κ2) is 4.50. The molecule has 4 heteroatoms. The molecule has 2 aliphatic carbocycles. The van der Waals surface area contributed by atoms with Gasteiger partial charge < -0.3 is 10.3 Å². The third-order valence-corrected chi connectivity index (χ3v) is 6.92. The highest BCUT2D eigenvalue weighted by atomic mass is 16.5. The van der Waals surface area contributed by atoms with E-state index in [-0.39, 0.29) is 5.41 Å². The maximum atomic E-state index is 5.96. The summed E-state index contributed by atoms with van der Waals surface area (Å²) in [6, 6.07) is 5.03. The van der Waals surface area contributed by atoms with Gasteiger partial charge in [-0.3, -0.25) is 4.90 Å². The van der Waals surface area contributed by atoms with Crippen LogP contribution in [0, 0.1) is 11.8 Å². The Kier molecular flexibility index (Phi) is 2.71. The number of benzene rings is 1. The van der Waals surface area contributed by atoms with E-state index < -0.39 is 0 Å². The molecule has 23 heavy (non-hydrogen) atoms. The Morgan fingerprint density at radius 3 is 3.00 bits per heavy atom. The first kappa shape index (κ1) is 13.8. The van der Waals surface area contributed by atoms with Gasteiger partial charge in [0.05, 0.1) is 5.39 Å². The fourth-order valence-electron chi connectivity index (χ4n) is 5.13. The van der Waals surface area contributed by atoms with Gasteiger partial charge in [0, 0.05) is 18.0 Å². The van der Waals surface area contributed by atoms with Crippen LogP contribution in [0.3, 0.4) is 0 Å². The van der Waals surface area contributed by atoms with Crippen LogP contribution in [0.5, 0.6) is 0 Å². The van der Waals surface area contributed by atoms with Crippen molar-refractivity contribution in [1.29, 1.82) is 0 Å². The van der Waals surface area contributed by atoms with Gasteiger partial charge in [0.25, 0.3) is 0 Å². The van der Waals surface area contributed by atoms with Crippen LogP contribution in [0.1, 0.15) is 44.2 Å². The number of nitrogens with zero attached hydrogens (tertiary/aromatic N) is 2. The lowest BCUT2D eigenvalue weighted by atomic mass is 9.58. The first-order chi connectivity index (χ1) is 11.1. The summed E-state index contributed by atoms with van der Waals surface area (Å²) in [6.07, 6.45) is 5.21. The maximum Gasteiger partial charge on any atom is 0.230 e. The van der Waals surface area contributed by atoms with E-state index in [4.69, 9.17) is 10.3 Å². The van der Waals surface area contributed by atoms with Crippen molar-refractivity contribution in [1.82, 2.24) is 10.1 Å². The van der Waals surface area contributed by atoms with Crippen molar-refractivity contribution in [3.63, 3.8) is 0 Å². The van der Waals surface area contributed by atoms with Crippen molar-refractivity contribution in [2.45, 2.75) is 51.0 Å². The summed E-state index contributed by atoms with van der Waals surface area (Å²) in [5.74, 6) is 2.06. The summed E-state index contributed by atoms with van der Waals surface area (Å²) >= 11 is 0. The molecule has 1 aromatic heterocycles. The van der Waals surface area contributed by atoms with Crippen molar-refractivity contribution in [3.8, 4) is 0 Å². The average Bonchev–Trinajstić information content (AvgIpc) is 3.27. The quantitative estimate of drug-likeness (QED) is 0.924. The summed E-state index contributed by atoms with van der Waals surface area (Å²) < 4.78 is 5.30. The predicted molar refractivity (Wildman–Crippen MR) is 91.3 cm³/mol. The van der Waals surface area contributed by atoms with Crippen LogP contribution in [-0.4, -0.2) is 29.2 Å². The summed E-state index contributed by atoms with van der Waals surface area (Å²) in [5, 5.41) is 5.30. The van der Waals surface area contributed by atoms with Crippen molar-refractivity contribution >= 4 is 16.8 Å². The second-order valence-electron chi connectivity index (χ2n) is 8.21. The Bertz CT molecular complexity index is 778. The molecule has 3 aliphatic rings. The van der Waals surface area contributed by atoms with Gasteiger partial charge in [0.1, 0.15) is 5.52 Å². The van der Waals surface area contributed by atoms with E-state index in [0.717, 1.165) is 23.2 Å². The van der Waals surface area contributed by atoms with Gasteiger partial charge in [-0.05, 0) is 61.3 Å². The zero-order valence-corrected chi connectivity index (χ0v) is 14.0. The minimum Gasteiger partial charge on any atom is -0.367 e. The summed E-state index contributed by atoms with van der Waals surface area (Å²) in [4.78, 5) is 2.77. The molecule has 2 bridgehead atoms. The third-order valence-electron chi connectivity index (χ3n) is 6.92. The number of hydrogen-bond acceptors (Lipinski definition) is 4. The Hall–Kier alpha value is -1.55. The summed E-state index contributed by atoms with van der Waals surface area (Å²) in [7, 11) is 0. The third kappa shape index (κ3) is 1.84. The molecule has 0 spiro atoms. The fourth-order valence-corrected chi connectivity index (χ4v) is 5.13. The summed E-state index contributed by atoms with van der Waals surface area (Å²) in [6.45, 7) is 7.39. The average molecular weight is 311 g/mol. The predicted octanol–water partition coefficient (Wildman–Crippen LogP) is 3.34. The standard InChI is InChI=1S/C19H25N3O/c1-11-15-9-13-5-6-14-17(21-23-18(14)20)16(13)19(11,2)7-8-22(15)10-12-3-4-12/h5-6,11-12,15H,3-4,7-10,20H2,1-2H3/t11-,15?,19-/m0/s1. The Morgan fingerprint density at radius 2 is 2.22 bits per heavy atom. The van der Waals surface area contributed by atoms with Crippen molar-refractivity contribution in [2.75, 3.05) is 18.8 Å². The number of likely N-dealkylation sites (tertiary alicyclic amines) is 1. The Morgan fingerprint density at radius 1 is 1.39 bits per heavy atom. The molecule has 2 aromatic rings. The molecule has 1 aromatic carbocycles. The topological polar surface area (TPSA) is 55.3 Å². The number of fused-ring (bicyclic) bond motifs is 6. The fraction of sp³-hybridized carbons (Fsp3) is 0.632. The van der Waals surface area contributed by atoms with Crippen LogP contribution in [0.25, 0.3) is 10.9 Å². The number of aromatic nitrogens is 1. The lowest BCUT2D eigenvalue weighted by Gasteiger charge is -2.54. The molecular formula is C19H25N3O. The second-order valence-corrected chi connectivity index (χ2v) is 8.21. The van der Waals surface area contributed by atoms with E-state index in [2.05, 4.69) is 36.0 Å². The SMILES string of the molecule is C[C@H]1C2Cc3ccc4c(N)onc4c3[C@@]1(C)CCN2CC1CC1. The number of anilines is 1. The lowest BCUT2D eigenvalue weighted by molar-refractivity contribution is 0.0291. The molecule has 3 atom stereocenters. The molecule has 2 fully saturated rings. The number of rotatable bonds is 2. The van der Waals surface area contributed by atoms with E-state index in [1.807, 2.05) is 0 Å². The van der Waals surface area contributed by atoms with Gasteiger partial charge in [-0.15, -0.1) is 0 Å². The van der Waals surface area contributed by atoms with E-state index in [9.17, 15) is 0 Å². The van der Waals surface area contributed by atoms with Gasteiger partial charge >= 0.3 is 0 Å². The molecule has 0 radical (unpaired) electrons. The van der Waals surface area contributed by atoms with Crippen molar-refractivity contribution in [3.05, 3.63) is 23.3 Å². The molecular weight excluding hydrogens is 286 g/mol. The molecule has 0 amide bonds. The Balaban J connectivity index is 1.64. The smallest absolute Gasteiger partial charge is 0.230 e. The van der Waals surface area contributed by atoms with Crippen LogP contribution in [-0.2, 0) is 11.8 Å². The Labute approximate surface area is 137 Å². The monoisotopic (exact) mass is 311 g/mol. The number of nitrogens with two attached hydrogens (primary N) is 1. The lowest BCUT2D eigenvalue weighted by Crippen LogP contribution is -2.58. The van der Waals surface area contributed by atoms with Crippen LogP contribution < -0.4 is 5.73 Å². The van der Waals surface area contributed by atoms with Crippen LogP contribution in [0.2, 0.25) is 0 Å². The van der Waals surface area contributed by atoms with Gasteiger partial charge in [0.15, 0.2) is 0 Å². The maximum absolute atomic E-state index is 5.96. The van der Waals surface area contributed by atoms with Crippen molar-refractivity contribution in [2.24, 2.45) is 11.8 Å². The molecule has 1 saturated carbocycles. The number of piperidine rings is 1. The summed E-state index contributed by atoms with van der Waals surface area (Å²) in [5.41, 5.74) is 10.0. The number of nitrogen functional groups attached to an aromatic ring is 1. The van der Waals surface area contributed by atoms with Gasteiger partial charge in [-0.2, -0.15) is 0 Å². The highest BCUT2D eigenvalue weighted by Gasteiger charge is 2.50. The molecule has 1 aliphatic heterocycles. The number of hydrogen-bond donors (Lipinski definition) is 1. The van der Waals surface area contributed by atoms with Crippen LogP contribution in [0.15, 0.2) is 16.7 Å². The highest BCUT2D eigenvalue weighted by Crippen LogP contribution is 2.51. The first-order valence-corrected chi connectivity index (χ1v) is 8.99. The minimum absolute atomic E-state index is 0.182. The molecule has 1 unspecified atom stereocenters.